The van der Waals surface area contributed by atoms with Gasteiger partial charge in [0.05, 0.1) is 15.7 Å². The van der Waals surface area contributed by atoms with E-state index in [0.717, 1.165) is 0 Å². The summed E-state index contributed by atoms with van der Waals surface area (Å²) in [4.78, 5) is 16.9. The zero-order chi connectivity index (χ0) is 22.3. The van der Waals surface area contributed by atoms with Gasteiger partial charge in [0.1, 0.15) is 11.4 Å². The molecule has 0 saturated carbocycles. The van der Waals surface area contributed by atoms with Gasteiger partial charge in [-0.15, -0.1) is 13.2 Å². The van der Waals surface area contributed by atoms with E-state index in [1.807, 2.05) is 20.8 Å². The van der Waals surface area contributed by atoms with Gasteiger partial charge < -0.3 is 10.1 Å². The van der Waals surface area contributed by atoms with Gasteiger partial charge in [-0.25, -0.2) is 4.98 Å². The lowest BCUT2D eigenvalue weighted by Crippen LogP contribution is -2.20. The summed E-state index contributed by atoms with van der Waals surface area (Å²) in [6.07, 6.45) is -3.01. The van der Waals surface area contributed by atoms with Crippen LogP contribution in [0.1, 0.15) is 27.2 Å². The van der Waals surface area contributed by atoms with Gasteiger partial charge in [-0.2, -0.15) is 0 Å². The Balaban J connectivity index is 2.06. The molecule has 5 nitrogen and oxygen atoms in total. The highest BCUT2D eigenvalue weighted by atomic mass is 35.5. The van der Waals surface area contributed by atoms with Crippen molar-refractivity contribution in [1.29, 1.82) is 0 Å². The largest absolute Gasteiger partial charge is 0.573 e. The number of carbonyl (C=O) groups is 1. The Hall–Kier alpha value is -2.45. The van der Waals surface area contributed by atoms with Crippen LogP contribution < -0.4 is 10.1 Å². The van der Waals surface area contributed by atoms with E-state index in [1.165, 1.54) is 36.5 Å². The molecule has 0 fully saturated rings. The highest BCUT2D eigenvalue weighted by Crippen LogP contribution is 2.34. The molecule has 1 amide bonds. The molecule has 0 aliphatic carbocycles. The Bertz CT molecular complexity index is 1090. The molecule has 0 saturated heterocycles. The van der Waals surface area contributed by atoms with Crippen molar-refractivity contribution in [2.45, 2.75) is 33.6 Å². The van der Waals surface area contributed by atoms with Crippen LogP contribution in [-0.4, -0.2) is 21.7 Å². The molecule has 30 heavy (non-hydrogen) atoms. The minimum absolute atomic E-state index is 0.243. The van der Waals surface area contributed by atoms with Gasteiger partial charge in [0.25, 0.3) is 0 Å². The summed E-state index contributed by atoms with van der Waals surface area (Å²) in [6.45, 7) is 5.78. The Morgan fingerprint density at radius 2 is 1.77 bits per heavy atom. The molecule has 0 atom stereocenters. The lowest BCUT2D eigenvalue weighted by molar-refractivity contribution is -0.274. The summed E-state index contributed by atoms with van der Waals surface area (Å²) >= 11 is 12.2. The summed E-state index contributed by atoms with van der Waals surface area (Å²) in [5.74, 6) is -0.368. The van der Waals surface area contributed by atoms with E-state index in [9.17, 15) is 18.0 Å². The van der Waals surface area contributed by atoms with Crippen molar-refractivity contribution >= 4 is 40.6 Å². The SMILES string of the molecule is CC(C)(C)CC(=O)Nc1nc2cc(Cl)c(Cl)cn2c1-c1ccc(OC(F)(F)F)cc1. The minimum atomic E-state index is -4.79. The Labute approximate surface area is 180 Å². The molecule has 1 aromatic carbocycles. The number of imidazole rings is 1. The maximum atomic E-state index is 12.5. The summed E-state index contributed by atoms with van der Waals surface area (Å²) < 4.78 is 42.8. The second-order valence-corrected chi connectivity index (χ2v) is 8.68. The fourth-order valence-corrected chi connectivity index (χ4v) is 3.17. The topological polar surface area (TPSA) is 55.6 Å². The smallest absolute Gasteiger partial charge is 0.406 e. The number of anilines is 1. The maximum Gasteiger partial charge on any atom is 0.573 e. The molecule has 0 radical (unpaired) electrons. The number of aromatic nitrogens is 2. The zero-order valence-electron chi connectivity index (χ0n) is 16.3. The molecule has 2 aromatic heterocycles. The van der Waals surface area contributed by atoms with Gasteiger partial charge in [0, 0.05) is 24.2 Å². The van der Waals surface area contributed by atoms with Gasteiger partial charge in [-0.1, -0.05) is 44.0 Å². The van der Waals surface area contributed by atoms with E-state index in [0.29, 0.717) is 16.9 Å². The van der Waals surface area contributed by atoms with Crippen LogP contribution in [0.15, 0.2) is 36.5 Å². The number of fused-ring (bicyclic) bond motifs is 1. The van der Waals surface area contributed by atoms with Crippen LogP contribution >= 0.6 is 23.2 Å². The van der Waals surface area contributed by atoms with E-state index in [4.69, 9.17) is 23.2 Å². The van der Waals surface area contributed by atoms with Gasteiger partial charge >= 0.3 is 6.36 Å². The van der Waals surface area contributed by atoms with Gasteiger partial charge in [-0.3, -0.25) is 9.20 Å². The number of nitrogens with one attached hydrogen (secondary N) is 1. The third-order valence-corrected chi connectivity index (χ3v) is 4.69. The predicted molar refractivity (Wildman–Crippen MR) is 110 cm³/mol. The first-order valence-electron chi connectivity index (χ1n) is 8.85. The van der Waals surface area contributed by atoms with Crippen molar-refractivity contribution in [2.24, 2.45) is 5.41 Å². The molecule has 0 bridgehead atoms. The van der Waals surface area contributed by atoms with Crippen LogP contribution in [0, 0.1) is 5.41 Å². The van der Waals surface area contributed by atoms with Crippen LogP contribution in [0.2, 0.25) is 10.0 Å². The minimum Gasteiger partial charge on any atom is -0.406 e. The summed E-state index contributed by atoms with van der Waals surface area (Å²) in [6, 6.07) is 6.77. The Kier molecular flexibility index (Phi) is 5.93. The fraction of sp³-hybridized carbons (Fsp3) is 0.300. The molecular weight excluding hydrogens is 442 g/mol. The van der Waals surface area contributed by atoms with Crippen molar-refractivity contribution in [1.82, 2.24) is 9.38 Å². The summed E-state index contributed by atoms with van der Waals surface area (Å²) in [5.41, 5.74) is 1.12. The van der Waals surface area contributed by atoms with Crippen molar-refractivity contribution in [3.63, 3.8) is 0 Å². The van der Waals surface area contributed by atoms with E-state index in [2.05, 4.69) is 15.0 Å². The lowest BCUT2D eigenvalue weighted by Gasteiger charge is -2.17. The number of hydrogen-bond donors (Lipinski definition) is 1. The second-order valence-electron chi connectivity index (χ2n) is 7.86. The standard InChI is InChI=1S/C20H18Cl2F3N3O2/c1-19(2,3)9-16(29)27-18-17(28-10-14(22)13(21)8-15(28)26-18)11-4-6-12(7-5-11)30-20(23,24)25/h4-8,10H,9H2,1-3H3,(H,27,29). The second kappa shape index (κ2) is 8.00. The number of alkyl halides is 3. The number of hydrogen-bond acceptors (Lipinski definition) is 3. The van der Waals surface area contributed by atoms with Crippen molar-refractivity contribution < 1.29 is 22.7 Å². The zero-order valence-corrected chi connectivity index (χ0v) is 17.8. The monoisotopic (exact) mass is 459 g/mol. The normalized spacial score (nSPS) is 12.3. The number of amides is 1. The highest BCUT2D eigenvalue weighted by molar-refractivity contribution is 6.42. The summed E-state index contributed by atoms with van der Waals surface area (Å²) in [5, 5.41) is 3.32. The van der Waals surface area contributed by atoms with Crippen molar-refractivity contribution in [3.8, 4) is 17.0 Å². The average Bonchev–Trinajstić information content (AvgIpc) is 2.89. The molecule has 2 heterocycles. The van der Waals surface area contributed by atoms with E-state index in [-0.39, 0.29) is 39.4 Å². The van der Waals surface area contributed by atoms with Crippen LogP contribution in [0.3, 0.4) is 0 Å². The molecule has 0 aliphatic heterocycles. The highest BCUT2D eigenvalue weighted by Gasteiger charge is 2.31. The first kappa shape index (κ1) is 22.2. The third-order valence-electron chi connectivity index (χ3n) is 3.97. The van der Waals surface area contributed by atoms with Crippen LogP contribution in [0.5, 0.6) is 5.75 Å². The first-order valence-corrected chi connectivity index (χ1v) is 9.61. The van der Waals surface area contributed by atoms with Crippen LogP contribution in [-0.2, 0) is 4.79 Å². The first-order chi connectivity index (χ1) is 13.8. The molecule has 10 heteroatoms. The van der Waals surface area contributed by atoms with Crippen molar-refractivity contribution in [3.05, 3.63) is 46.6 Å². The number of rotatable bonds is 4. The predicted octanol–water partition coefficient (Wildman–Crippen LogP) is 6.58. The molecular formula is C20H18Cl2F3N3O2. The molecule has 1 N–H and O–H groups in total. The molecule has 3 rings (SSSR count). The number of benzene rings is 1. The Morgan fingerprint density at radius 1 is 1.13 bits per heavy atom. The van der Waals surface area contributed by atoms with Crippen LogP contribution in [0.4, 0.5) is 19.0 Å². The molecule has 0 aliphatic rings. The molecule has 0 spiro atoms. The van der Waals surface area contributed by atoms with Crippen molar-refractivity contribution in [2.75, 3.05) is 5.32 Å². The number of ether oxygens (including phenoxy) is 1. The number of pyridine rings is 1. The van der Waals surface area contributed by atoms with E-state index >= 15 is 0 Å². The summed E-state index contributed by atoms with van der Waals surface area (Å²) in [7, 11) is 0. The molecule has 3 aromatic rings. The number of nitrogens with zero attached hydrogens (tertiary/aromatic N) is 2. The fourth-order valence-electron chi connectivity index (χ4n) is 2.88. The molecule has 160 valence electrons. The maximum absolute atomic E-state index is 12.5. The van der Waals surface area contributed by atoms with Gasteiger partial charge in [0.2, 0.25) is 5.91 Å². The quantitative estimate of drug-likeness (QED) is 0.479. The number of halogens is 5. The molecule has 0 unspecified atom stereocenters. The van der Waals surface area contributed by atoms with Gasteiger partial charge in [-0.05, 0) is 29.7 Å². The van der Waals surface area contributed by atoms with Gasteiger partial charge in [0.15, 0.2) is 5.82 Å². The average molecular weight is 460 g/mol. The Morgan fingerprint density at radius 3 is 2.33 bits per heavy atom. The third kappa shape index (κ3) is 5.37. The lowest BCUT2D eigenvalue weighted by atomic mass is 9.92. The number of carbonyl (C=O) groups excluding carboxylic acids is 1. The van der Waals surface area contributed by atoms with E-state index < -0.39 is 6.36 Å². The van der Waals surface area contributed by atoms with E-state index in [1.54, 1.807) is 4.40 Å². The van der Waals surface area contributed by atoms with Crippen LogP contribution in [0.25, 0.3) is 16.9 Å².